The monoisotopic (exact) mass is 417 g/mol. The van der Waals surface area contributed by atoms with E-state index in [4.69, 9.17) is 14.2 Å². The van der Waals surface area contributed by atoms with Crippen LogP contribution in [0.2, 0.25) is 0 Å². The van der Waals surface area contributed by atoms with Crippen molar-refractivity contribution in [2.24, 2.45) is 0 Å². The van der Waals surface area contributed by atoms with Crippen molar-refractivity contribution >= 4 is 12.0 Å². The van der Waals surface area contributed by atoms with Crippen LogP contribution in [0.4, 0.5) is 0 Å². The summed E-state index contributed by atoms with van der Waals surface area (Å²) in [7, 11) is 0. The van der Waals surface area contributed by atoms with Crippen molar-refractivity contribution in [3.63, 3.8) is 0 Å². The van der Waals surface area contributed by atoms with Gasteiger partial charge in [-0.15, -0.1) is 0 Å². The SMILES string of the molecule is CCOc1ccc(OC(=Cc2cccnc2)C(OC(C)=O)c2ccccc2)c(CC)c1. The van der Waals surface area contributed by atoms with Crippen molar-refractivity contribution in [2.45, 2.75) is 33.3 Å². The van der Waals surface area contributed by atoms with Crippen LogP contribution in [0.3, 0.4) is 0 Å². The number of hydrogen-bond donors (Lipinski definition) is 0. The highest BCUT2D eigenvalue weighted by molar-refractivity contribution is 5.67. The lowest BCUT2D eigenvalue weighted by Crippen LogP contribution is -2.15. The van der Waals surface area contributed by atoms with Gasteiger partial charge < -0.3 is 14.2 Å². The number of rotatable bonds is 9. The van der Waals surface area contributed by atoms with E-state index in [-0.39, 0.29) is 0 Å². The van der Waals surface area contributed by atoms with Gasteiger partial charge in [-0.25, -0.2) is 0 Å². The van der Waals surface area contributed by atoms with Gasteiger partial charge in [-0.05, 0) is 54.8 Å². The summed E-state index contributed by atoms with van der Waals surface area (Å²) in [5.74, 6) is 1.59. The van der Waals surface area contributed by atoms with E-state index in [2.05, 4.69) is 11.9 Å². The van der Waals surface area contributed by atoms with E-state index in [1.807, 2.05) is 73.7 Å². The van der Waals surface area contributed by atoms with Crippen LogP contribution in [0.1, 0.15) is 43.6 Å². The lowest BCUT2D eigenvalue weighted by Gasteiger charge is -2.22. The number of ether oxygens (including phenoxy) is 3. The Labute approximate surface area is 183 Å². The third-order valence-corrected chi connectivity index (χ3v) is 4.59. The Morgan fingerprint density at radius 3 is 2.52 bits per heavy atom. The number of aryl methyl sites for hydroxylation is 1. The summed E-state index contributed by atoms with van der Waals surface area (Å²) in [6.45, 7) is 6.00. The highest BCUT2D eigenvalue weighted by atomic mass is 16.6. The number of esters is 1. The number of carbonyl (C=O) groups is 1. The molecule has 1 unspecified atom stereocenters. The summed E-state index contributed by atoms with van der Waals surface area (Å²) < 4.78 is 17.7. The van der Waals surface area contributed by atoms with Gasteiger partial charge in [0.2, 0.25) is 0 Å². The summed E-state index contributed by atoms with van der Waals surface area (Å²) in [4.78, 5) is 16.1. The zero-order valence-corrected chi connectivity index (χ0v) is 18.1. The predicted molar refractivity (Wildman–Crippen MR) is 121 cm³/mol. The normalized spacial score (nSPS) is 12.2. The van der Waals surface area contributed by atoms with Crippen LogP contribution in [0, 0.1) is 0 Å². The summed E-state index contributed by atoms with van der Waals surface area (Å²) in [6.07, 6.45) is 5.36. The van der Waals surface area contributed by atoms with Gasteiger partial charge in [-0.1, -0.05) is 43.3 Å². The van der Waals surface area contributed by atoms with Gasteiger partial charge in [0.15, 0.2) is 11.9 Å². The van der Waals surface area contributed by atoms with Gasteiger partial charge in [0.1, 0.15) is 11.5 Å². The van der Waals surface area contributed by atoms with Crippen molar-refractivity contribution in [3.8, 4) is 11.5 Å². The van der Waals surface area contributed by atoms with E-state index in [1.54, 1.807) is 12.4 Å². The van der Waals surface area contributed by atoms with Crippen LogP contribution in [-0.2, 0) is 16.0 Å². The minimum Gasteiger partial charge on any atom is -0.494 e. The first-order chi connectivity index (χ1) is 15.1. The Morgan fingerprint density at radius 2 is 1.87 bits per heavy atom. The van der Waals surface area contributed by atoms with E-state index >= 15 is 0 Å². The second-order valence-electron chi connectivity index (χ2n) is 6.89. The second kappa shape index (κ2) is 11.0. The molecule has 0 saturated carbocycles. The Kier molecular flexibility index (Phi) is 7.82. The Hall–Kier alpha value is -3.60. The third-order valence-electron chi connectivity index (χ3n) is 4.59. The van der Waals surface area contributed by atoms with Gasteiger partial charge in [-0.3, -0.25) is 9.78 Å². The number of pyridine rings is 1. The topological polar surface area (TPSA) is 57.6 Å². The maximum Gasteiger partial charge on any atom is 0.303 e. The first-order valence-electron chi connectivity index (χ1n) is 10.4. The maximum atomic E-state index is 11.9. The number of carbonyl (C=O) groups excluding carboxylic acids is 1. The molecule has 160 valence electrons. The average molecular weight is 418 g/mol. The Bertz CT molecular complexity index is 1020. The smallest absolute Gasteiger partial charge is 0.303 e. The van der Waals surface area contributed by atoms with E-state index < -0.39 is 12.1 Å². The molecule has 31 heavy (non-hydrogen) atoms. The van der Waals surface area contributed by atoms with Gasteiger partial charge in [0.25, 0.3) is 0 Å². The van der Waals surface area contributed by atoms with Crippen molar-refractivity contribution in [1.82, 2.24) is 4.98 Å². The Morgan fingerprint density at radius 1 is 1.06 bits per heavy atom. The summed E-state index contributed by atoms with van der Waals surface area (Å²) in [5.41, 5.74) is 2.66. The van der Waals surface area contributed by atoms with Crippen LogP contribution in [0.25, 0.3) is 6.08 Å². The molecule has 0 aliphatic heterocycles. The van der Waals surface area contributed by atoms with Crippen molar-refractivity contribution in [2.75, 3.05) is 6.61 Å². The van der Waals surface area contributed by atoms with Crippen LogP contribution in [0.5, 0.6) is 11.5 Å². The largest absolute Gasteiger partial charge is 0.494 e. The molecule has 0 saturated heterocycles. The van der Waals surface area contributed by atoms with E-state index in [1.165, 1.54) is 6.92 Å². The fourth-order valence-corrected chi connectivity index (χ4v) is 3.18. The molecule has 0 aliphatic carbocycles. The molecule has 0 aliphatic rings. The third kappa shape index (κ3) is 6.19. The molecule has 5 heteroatoms. The van der Waals surface area contributed by atoms with E-state index in [0.29, 0.717) is 18.1 Å². The molecule has 0 bridgehead atoms. The number of benzene rings is 2. The van der Waals surface area contributed by atoms with Crippen molar-refractivity contribution in [3.05, 3.63) is 95.5 Å². The Balaban J connectivity index is 2.06. The lowest BCUT2D eigenvalue weighted by molar-refractivity contribution is -0.146. The zero-order chi connectivity index (χ0) is 22.1. The lowest BCUT2D eigenvalue weighted by atomic mass is 10.1. The highest BCUT2D eigenvalue weighted by Crippen LogP contribution is 2.33. The molecule has 0 spiro atoms. The molecular formula is C26H27NO4. The molecule has 0 amide bonds. The molecule has 3 aromatic rings. The second-order valence-corrected chi connectivity index (χ2v) is 6.89. The summed E-state index contributed by atoms with van der Waals surface area (Å²) in [5, 5.41) is 0. The maximum absolute atomic E-state index is 11.9. The molecule has 3 rings (SSSR count). The van der Waals surface area contributed by atoms with Crippen LogP contribution in [-0.4, -0.2) is 17.6 Å². The zero-order valence-electron chi connectivity index (χ0n) is 18.1. The van der Waals surface area contributed by atoms with Gasteiger partial charge in [-0.2, -0.15) is 0 Å². The minimum absolute atomic E-state index is 0.392. The summed E-state index contributed by atoms with van der Waals surface area (Å²) in [6, 6.07) is 19.1. The molecule has 1 aromatic heterocycles. The molecule has 0 fully saturated rings. The minimum atomic E-state index is -0.699. The van der Waals surface area contributed by atoms with Crippen molar-refractivity contribution in [1.29, 1.82) is 0 Å². The molecule has 1 heterocycles. The van der Waals surface area contributed by atoms with E-state index in [0.717, 1.165) is 28.9 Å². The van der Waals surface area contributed by atoms with Crippen LogP contribution < -0.4 is 9.47 Å². The molecule has 0 radical (unpaired) electrons. The molecular weight excluding hydrogens is 390 g/mol. The molecule has 0 N–H and O–H groups in total. The number of nitrogens with zero attached hydrogens (tertiary/aromatic N) is 1. The molecule has 1 atom stereocenters. The predicted octanol–water partition coefficient (Wildman–Crippen LogP) is 5.77. The average Bonchev–Trinajstić information content (AvgIpc) is 2.79. The number of aromatic nitrogens is 1. The van der Waals surface area contributed by atoms with Crippen molar-refractivity contribution < 1.29 is 19.0 Å². The number of hydrogen-bond acceptors (Lipinski definition) is 5. The van der Waals surface area contributed by atoms with Gasteiger partial charge in [0, 0.05) is 24.9 Å². The van der Waals surface area contributed by atoms with Gasteiger partial charge in [0.05, 0.1) is 6.61 Å². The molecule has 5 nitrogen and oxygen atoms in total. The highest BCUT2D eigenvalue weighted by Gasteiger charge is 2.23. The first-order valence-corrected chi connectivity index (χ1v) is 10.4. The quantitative estimate of drug-likeness (QED) is 0.327. The molecule has 2 aromatic carbocycles. The fourth-order valence-electron chi connectivity index (χ4n) is 3.18. The van der Waals surface area contributed by atoms with Crippen LogP contribution in [0.15, 0.2) is 78.8 Å². The van der Waals surface area contributed by atoms with Gasteiger partial charge >= 0.3 is 5.97 Å². The summed E-state index contributed by atoms with van der Waals surface area (Å²) >= 11 is 0. The fraction of sp³-hybridized carbons (Fsp3) is 0.231. The van der Waals surface area contributed by atoms with Crippen LogP contribution >= 0.6 is 0 Å². The van der Waals surface area contributed by atoms with E-state index in [9.17, 15) is 4.79 Å². The standard InChI is InChI=1S/C26H27NO4/c1-4-21-17-23(29-5-2)13-14-24(21)31-25(16-20-10-9-15-27-18-20)26(30-19(3)28)22-11-7-6-8-12-22/h6-18,26H,4-5H2,1-3H3. The first kappa shape index (κ1) is 22.1.